The van der Waals surface area contributed by atoms with Gasteiger partial charge in [-0.05, 0) is 19.1 Å². The standard InChI is InChI=1S/C17H24N6O/c1-14-12-16(20-13-15-4-2-3-5-18-15)22-17(21-14)19-6-7-23-8-10-24-11-9-23/h2-5,12H,6-11,13H2,1H3,(H2,19,20,21,22). The lowest BCUT2D eigenvalue weighted by Gasteiger charge is -2.26. The van der Waals surface area contributed by atoms with Crippen LogP contribution in [0.4, 0.5) is 11.8 Å². The molecular weight excluding hydrogens is 304 g/mol. The zero-order valence-electron chi connectivity index (χ0n) is 14.0. The summed E-state index contributed by atoms with van der Waals surface area (Å²) in [5, 5.41) is 6.61. The molecule has 7 heteroatoms. The van der Waals surface area contributed by atoms with Crippen LogP contribution in [0, 0.1) is 6.92 Å². The average molecular weight is 328 g/mol. The van der Waals surface area contributed by atoms with Gasteiger partial charge in [0.05, 0.1) is 25.5 Å². The minimum Gasteiger partial charge on any atom is -0.379 e. The monoisotopic (exact) mass is 328 g/mol. The van der Waals surface area contributed by atoms with Crippen molar-refractivity contribution in [1.82, 2.24) is 19.9 Å². The first kappa shape index (κ1) is 16.6. The lowest BCUT2D eigenvalue weighted by Crippen LogP contribution is -2.39. The molecule has 0 amide bonds. The molecular formula is C17H24N6O. The Morgan fingerprint density at radius 3 is 2.83 bits per heavy atom. The first-order valence-electron chi connectivity index (χ1n) is 8.33. The molecule has 1 aliphatic heterocycles. The van der Waals surface area contributed by atoms with Crippen LogP contribution in [0.15, 0.2) is 30.5 Å². The highest BCUT2D eigenvalue weighted by Gasteiger charge is 2.10. The molecule has 0 aromatic carbocycles. The average Bonchev–Trinajstić information content (AvgIpc) is 2.61. The van der Waals surface area contributed by atoms with Crippen LogP contribution in [-0.4, -0.2) is 59.2 Å². The number of nitrogens with zero attached hydrogens (tertiary/aromatic N) is 4. The van der Waals surface area contributed by atoms with Crippen LogP contribution in [0.25, 0.3) is 0 Å². The molecule has 2 N–H and O–H groups in total. The molecule has 3 rings (SSSR count). The summed E-state index contributed by atoms with van der Waals surface area (Å²) in [6.07, 6.45) is 1.79. The molecule has 0 spiro atoms. The fourth-order valence-corrected chi connectivity index (χ4v) is 2.57. The van der Waals surface area contributed by atoms with E-state index in [1.807, 2.05) is 31.2 Å². The second-order valence-corrected chi connectivity index (χ2v) is 5.77. The molecule has 1 fully saturated rings. The number of morpholine rings is 1. The number of ether oxygens (including phenoxy) is 1. The van der Waals surface area contributed by atoms with E-state index in [9.17, 15) is 0 Å². The van der Waals surface area contributed by atoms with Gasteiger partial charge in [0.2, 0.25) is 5.95 Å². The van der Waals surface area contributed by atoms with E-state index >= 15 is 0 Å². The van der Waals surface area contributed by atoms with Crippen molar-refractivity contribution in [3.8, 4) is 0 Å². The number of pyridine rings is 1. The molecule has 2 aromatic rings. The third kappa shape index (κ3) is 5.14. The van der Waals surface area contributed by atoms with Crippen LogP contribution in [0.5, 0.6) is 0 Å². The Morgan fingerprint density at radius 1 is 1.17 bits per heavy atom. The third-order valence-electron chi connectivity index (χ3n) is 3.85. The number of aryl methyl sites for hydroxylation is 1. The molecule has 0 bridgehead atoms. The first-order valence-corrected chi connectivity index (χ1v) is 8.33. The van der Waals surface area contributed by atoms with E-state index in [2.05, 4.69) is 30.5 Å². The Labute approximate surface area is 142 Å². The summed E-state index contributed by atoms with van der Waals surface area (Å²) in [7, 11) is 0. The first-order chi connectivity index (χ1) is 11.8. The lowest BCUT2D eigenvalue weighted by atomic mass is 10.3. The van der Waals surface area contributed by atoms with Gasteiger partial charge in [-0.1, -0.05) is 6.07 Å². The summed E-state index contributed by atoms with van der Waals surface area (Å²) in [5.41, 5.74) is 1.91. The fourth-order valence-electron chi connectivity index (χ4n) is 2.57. The zero-order chi connectivity index (χ0) is 16.6. The number of aromatic nitrogens is 3. The number of rotatable bonds is 7. The van der Waals surface area contributed by atoms with Crippen molar-refractivity contribution in [2.45, 2.75) is 13.5 Å². The molecule has 0 saturated carbocycles. The Kier molecular flexibility index (Phi) is 5.92. The van der Waals surface area contributed by atoms with Crippen LogP contribution < -0.4 is 10.6 Å². The van der Waals surface area contributed by atoms with Crippen molar-refractivity contribution in [2.24, 2.45) is 0 Å². The Bertz CT molecular complexity index is 630. The summed E-state index contributed by atoms with van der Waals surface area (Å²) in [5.74, 6) is 1.47. The van der Waals surface area contributed by atoms with Gasteiger partial charge >= 0.3 is 0 Å². The van der Waals surface area contributed by atoms with E-state index in [1.165, 1.54) is 0 Å². The van der Waals surface area contributed by atoms with Gasteiger partial charge in [-0.15, -0.1) is 0 Å². The highest BCUT2D eigenvalue weighted by Crippen LogP contribution is 2.10. The molecule has 1 saturated heterocycles. The maximum absolute atomic E-state index is 5.36. The predicted octanol–water partition coefficient (Wildman–Crippen LogP) is 1.54. The van der Waals surface area contributed by atoms with Gasteiger partial charge in [0.25, 0.3) is 0 Å². The van der Waals surface area contributed by atoms with Crippen molar-refractivity contribution in [3.63, 3.8) is 0 Å². The summed E-state index contributed by atoms with van der Waals surface area (Å²) in [4.78, 5) is 15.7. The lowest BCUT2D eigenvalue weighted by molar-refractivity contribution is 0.0398. The van der Waals surface area contributed by atoms with Gasteiger partial charge in [-0.3, -0.25) is 9.88 Å². The molecule has 0 unspecified atom stereocenters. The summed E-state index contributed by atoms with van der Waals surface area (Å²) in [6.45, 7) is 8.04. The van der Waals surface area contributed by atoms with Crippen molar-refractivity contribution < 1.29 is 4.74 Å². The van der Waals surface area contributed by atoms with Gasteiger partial charge in [0, 0.05) is 44.1 Å². The number of hydrogen-bond donors (Lipinski definition) is 2. The summed E-state index contributed by atoms with van der Waals surface area (Å²) >= 11 is 0. The van der Waals surface area contributed by atoms with Crippen LogP contribution in [0.2, 0.25) is 0 Å². The van der Waals surface area contributed by atoms with Crippen LogP contribution >= 0.6 is 0 Å². The number of hydrogen-bond acceptors (Lipinski definition) is 7. The van der Waals surface area contributed by atoms with Gasteiger partial charge in [-0.2, -0.15) is 4.98 Å². The minimum absolute atomic E-state index is 0.643. The van der Waals surface area contributed by atoms with Crippen LogP contribution in [-0.2, 0) is 11.3 Å². The van der Waals surface area contributed by atoms with Gasteiger partial charge in [-0.25, -0.2) is 4.98 Å². The van der Waals surface area contributed by atoms with Gasteiger partial charge in [0.15, 0.2) is 0 Å². The molecule has 7 nitrogen and oxygen atoms in total. The van der Waals surface area contributed by atoms with Crippen molar-refractivity contribution in [2.75, 3.05) is 50.0 Å². The fraction of sp³-hybridized carbons (Fsp3) is 0.471. The molecule has 2 aromatic heterocycles. The van der Waals surface area contributed by atoms with Crippen molar-refractivity contribution in [3.05, 3.63) is 41.9 Å². The molecule has 0 atom stereocenters. The topological polar surface area (TPSA) is 75.2 Å². The SMILES string of the molecule is Cc1cc(NCc2ccccn2)nc(NCCN2CCOCC2)n1. The Morgan fingerprint density at radius 2 is 2.04 bits per heavy atom. The number of nitrogens with one attached hydrogen (secondary N) is 2. The van der Waals surface area contributed by atoms with E-state index in [-0.39, 0.29) is 0 Å². The van der Waals surface area contributed by atoms with Crippen LogP contribution in [0.1, 0.15) is 11.4 Å². The van der Waals surface area contributed by atoms with E-state index in [0.717, 1.165) is 56.6 Å². The molecule has 1 aliphatic rings. The molecule has 128 valence electrons. The van der Waals surface area contributed by atoms with Crippen LogP contribution in [0.3, 0.4) is 0 Å². The van der Waals surface area contributed by atoms with Crippen molar-refractivity contribution >= 4 is 11.8 Å². The highest BCUT2D eigenvalue weighted by atomic mass is 16.5. The number of anilines is 2. The second-order valence-electron chi connectivity index (χ2n) is 5.77. The van der Waals surface area contributed by atoms with Crippen molar-refractivity contribution in [1.29, 1.82) is 0 Å². The molecule has 24 heavy (non-hydrogen) atoms. The van der Waals surface area contributed by atoms with Gasteiger partial charge in [0.1, 0.15) is 5.82 Å². The smallest absolute Gasteiger partial charge is 0.224 e. The molecule has 0 aliphatic carbocycles. The minimum atomic E-state index is 0.643. The van der Waals surface area contributed by atoms with E-state index < -0.39 is 0 Å². The van der Waals surface area contributed by atoms with E-state index in [1.54, 1.807) is 6.20 Å². The Hall–Kier alpha value is -2.25. The summed E-state index contributed by atoms with van der Waals surface area (Å²) in [6, 6.07) is 7.82. The van der Waals surface area contributed by atoms with Gasteiger partial charge < -0.3 is 15.4 Å². The summed E-state index contributed by atoms with van der Waals surface area (Å²) < 4.78 is 5.36. The largest absolute Gasteiger partial charge is 0.379 e. The Balaban J connectivity index is 1.51. The van der Waals surface area contributed by atoms with E-state index in [4.69, 9.17) is 4.74 Å². The second kappa shape index (κ2) is 8.56. The third-order valence-corrected chi connectivity index (χ3v) is 3.85. The molecule has 0 radical (unpaired) electrons. The highest BCUT2D eigenvalue weighted by molar-refractivity contribution is 5.42. The predicted molar refractivity (Wildman–Crippen MR) is 94.1 cm³/mol. The molecule has 3 heterocycles. The maximum atomic E-state index is 5.36. The zero-order valence-corrected chi connectivity index (χ0v) is 14.0. The maximum Gasteiger partial charge on any atom is 0.224 e. The van der Waals surface area contributed by atoms with E-state index in [0.29, 0.717) is 12.5 Å². The quantitative estimate of drug-likeness (QED) is 0.798. The normalized spacial score (nSPS) is 15.2.